The molecule has 21 heavy (non-hydrogen) atoms. The second-order valence-electron chi connectivity index (χ2n) is 3.80. The molecule has 0 radical (unpaired) electrons. The number of hydrogen-bond acceptors (Lipinski definition) is 2. The lowest BCUT2D eigenvalue weighted by Gasteiger charge is -2.12. The highest BCUT2D eigenvalue weighted by molar-refractivity contribution is 6.44. The van der Waals surface area contributed by atoms with Crippen LogP contribution >= 0.6 is 69.6 Å². The van der Waals surface area contributed by atoms with Gasteiger partial charge in [-0.15, -0.1) is 0 Å². The minimum absolute atomic E-state index is 0.143. The van der Waals surface area contributed by atoms with Crippen LogP contribution in [0.1, 0.15) is 0 Å². The van der Waals surface area contributed by atoms with E-state index in [1.165, 1.54) is 24.3 Å². The molecule has 0 heterocycles. The average Bonchev–Trinajstić information content (AvgIpc) is 2.41. The smallest absolute Gasteiger partial charge is 0.231 e. The van der Waals surface area contributed by atoms with Crippen molar-refractivity contribution < 1.29 is 9.47 Å². The molecule has 2 aromatic rings. The number of rotatable bonds is 4. The molecule has 0 atom stereocenters. The summed E-state index contributed by atoms with van der Waals surface area (Å²) in [6, 6.07) is 5.94. The van der Waals surface area contributed by atoms with E-state index in [9.17, 15) is 0 Å². The van der Waals surface area contributed by atoms with Gasteiger partial charge in [0.15, 0.2) is 0 Å². The van der Waals surface area contributed by atoms with Crippen LogP contribution in [-0.2, 0) is 0 Å². The molecule has 0 fully saturated rings. The Morgan fingerprint density at radius 2 is 0.857 bits per heavy atom. The highest BCUT2D eigenvalue weighted by Crippen LogP contribution is 2.35. The molecule has 2 aromatic carbocycles. The average molecular weight is 407 g/mol. The Bertz CT molecular complexity index is 617. The summed E-state index contributed by atoms with van der Waals surface area (Å²) in [5, 5.41) is 1.94. The summed E-state index contributed by atoms with van der Waals surface area (Å²) >= 11 is 35.3. The summed E-state index contributed by atoms with van der Waals surface area (Å²) in [5.74, 6) is 0.671. The molecule has 2 rings (SSSR count). The summed E-state index contributed by atoms with van der Waals surface area (Å²) < 4.78 is 10.7. The van der Waals surface area contributed by atoms with E-state index in [0.29, 0.717) is 41.6 Å². The Balaban J connectivity index is 2.05. The van der Waals surface area contributed by atoms with Gasteiger partial charge in [-0.2, -0.15) is 0 Å². The van der Waals surface area contributed by atoms with Crippen molar-refractivity contribution >= 4 is 69.6 Å². The van der Waals surface area contributed by atoms with Crippen LogP contribution in [0.5, 0.6) is 11.5 Å². The van der Waals surface area contributed by atoms with Crippen molar-refractivity contribution in [1.82, 2.24) is 0 Å². The molecule has 0 aliphatic rings. The minimum atomic E-state index is -0.143. The van der Waals surface area contributed by atoms with E-state index < -0.39 is 0 Å². The van der Waals surface area contributed by atoms with Crippen LogP contribution in [0.2, 0.25) is 30.1 Å². The molecule has 0 aliphatic carbocycles. The maximum atomic E-state index is 5.97. The first kappa shape index (κ1) is 17.1. The number of benzene rings is 2. The summed E-state index contributed by atoms with van der Waals surface area (Å²) in [7, 11) is 0. The van der Waals surface area contributed by atoms with Crippen LogP contribution in [0.15, 0.2) is 24.3 Å². The SMILES string of the molecule is Clc1cc(Cl)c(OCOc2cc(Cl)c(Cl)cc2Cl)cc1Cl. The molecule has 0 saturated carbocycles. The summed E-state index contributed by atoms with van der Waals surface area (Å²) in [6.07, 6.45) is 0. The van der Waals surface area contributed by atoms with Crippen molar-refractivity contribution in [3.8, 4) is 11.5 Å². The second kappa shape index (κ2) is 7.36. The molecule has 0 aliphatic heterocycles. The van der Waals surface area contributed by atoms with Crippen LogP contribution in [0, 0.1) is 0 Å². The standard InChI is InChI=1S/C13H6Cl6O2/c14-6-1-10(18)12(3-8(6)16)20-5-21-13-4-9(17)7(15)2-11(13)19/h1-4H,5H2. The minimum Gasteiger partial charge on any atom is -0.456 e. The molecular formula is C13H6Cl6O2. The van der Waals surface area contributed by atoms with Crippen LogP contribution in [-0.4, -0.2) is 6.79 Å². The molecule has 0 bridgehead atoms. The molecule has 0 spiro atoms. The second-order valence-corrected chi connectivity index (χ2v) is 6.24. The third-order valence-electron chi connectivity index (χ3n) is 2.38. The van der Waals surface area contributed by atoms with Crippen LogP contribution in [0.4, 0.5) is 0 Å². The Labute approximate surface area is 151 Å². The number of halogens is 6. The summed E-state index contributed by atoms with van der Waals surface area (Å²) in [5.41, 5.74) is 0. The van der Waals surface area contributed by atoms with Gasteiger partial charge in [-0.25, -0.2) is 0 Å². The van der Waals surface area contributed by atoms with Crippen molar-refractivity contribution in [3.63, 3.8) is 0 Å². The lowest BCUT2D eigenvalue weighted by Crippen LogP contribution is -2.06. The fraction of sp³-hybridized carbons (Fsp3) is 0.0769. The van der Waals surface area contributed by atoms with Crippen LogP contribution in [0.25, 0.3) is 0 Å². The first-order valence-electron chi connectivity index (χ1n) is 5.43. The fourth-order valence-electron chi connectivity index (χ4n) is 1.39. The summed E-state index contributed by atoms with van der Waals surface area (Å²) in [4.78, 5) is 0. The maximum absolute atomic E-state index is 5.97. The number of hydrogen-bond donors (Lipinski definition) is 0. The molecule has 0 amide bonds. The van der Waals surface area contributed by atoms with Crippen molar-refractivity contribution in [2.45, 2.75) is 0 Å². The monoisotopic (exact) mass is 404 g/mol. The van der Waals surface area contributed by atoms with Crippen LogP contribution < -0.4 is 9.47 Å². The normalized spacial score (nSPS) is 10.6. The highest BCUT2D eigenvalue weighted by atomic mass is 35.5. The summed E-state index contributed by atoms with van der Waals surface area (Å²) in [6.45, 7) is -0.143. The van der Waals surface area contributed by atoms with Gasteiger partial charge in [-0.05, 0) is 12.1 Å². The molecule has 112 valence electrons. The number of ether oxygens (including phenoxy) is 2. The Kier molecular flexibility index (Phi) is 6.01. The van der Waals surface area contributed by atoms with Gasteiger partial charge in [0.2, 0.25) is 6.79 Å². The largest absolute Gasteiger partial charge is 0.456 e. The van der Waals surface area contributed by atoms with Gasteiger partial charge in [0.25, 0.3) is 0 Å². The molecule has 0 unspecified atom stereocenters. The van der Waals surface area contributed by atoms with Gasteiger partial charge in [0.05, 0.1) is 30.1 Å². The Hall–Kier alpha value is -0.220. The van der Waals surface area contributed by atoms with Gasteiger partial charge >= 0.3 is 0 Å². The third kappa shape index (κ3) is 4.38. The van der Waals surface area contributed by atoms with E-state index in [0.717, 1.165) is 0 Å². The van der Waals surface area contributed by atoms with Crippen molar-refractivity contribution in [2.24, 2.45) is 0 Å². The molecule has 0 aromatic heterocycles. The maximum Gasteiger partial charge on any atom is 0.231 e. The highest BCUT2D eigenvalue weighted by Gasteiger charge is 2.10. The van der Waals surface area contributed by atoms with Gasteiger partial charge < -0.3 is 9.47 Å². The predicted octanol–water partition coefficient (Wildman–Crippen LogP) is 7.02. The predicted molar refractivity (Wildman–Crippen MR) is 89.1 cm³/mol. The first-order valence-corrected chi connectivity index (χ1v) is 7.70. The first-order chi connectivity index (χ1) is 9.88. The molecule has 8 heteroatoms. The Morgan fingerprint density at radius 3 is 1.24 bits per heavy atom. The van der Waals surface area contributed by atoms with E-state index in [-0.39, 0.29) is 6.79 Å². The van der Waals surface area contributed by atoms with Gasteiger partial charge in [0.1, 0.15) is 11.5 Å². The zero-order chi connectivity index (χ0) is 15.6. The van der Waals surface area contributed by atoms with E-state index in [1.807, 2.05) is 0 Å². The van der Waals surface area contributed by atoms with Gasteiger partial charge in [-0.3, -0.25) is 0 Å². The van der Waals surface area contributed by atoms with Crippen molar-refractivity contribution in [3.05, 3.63) is 54.4 Å². The van der Waals surface area contributed by atoms with E-state index in [2.05, 4.69) is 0 Å². The molecular weight excluding hydrogens is 401 g/mol. The van der Waals surface area contributed by atoms with Crippen LogP contribution in [0.3, 0.4) is 0 Å². The third-order valence-corrected chi connectivity index (χ3v) is 4.41. The quantitative estimate of drug-likeness (QED) is 0.401. The zero-order valence-electron chi connectivity index (χ0n) is 10.1. The van der Waals surface area contributed by atoms with Gasteiger partial charge in [-0.1, -0.05) is 69.6 Å². The van der Waals surface area contributed by atoms with E-state index in [4.69, 9.17) is 79.1 Å². The zero-order valence-corrected chi connectivity index (χ0v) is 14.6. The van der Waals surface area contributed by atoms with E-state index in [1.54, 1.807) is 0 Å². The molecule has 2 nitrogen and oxygen atoms in total. The fourth-order valence-corrected chi connectivity index (χ4v) is 2.57. The Morgan fingerprint density at radius 1 is 0.524 bits per heavy atom. The topological polar surface area (TPSA) is 18.5 Å². The lowest BCUT2D eigenvalue weighted by atomic mass is 10.3. The van der Waals surface area contributed by atoms with Gasteiger partial charge in [0, 0.05) is 12.1 Å². The van der Waals surface area contributed by atoms with Crippen molar-refractivity contribution in [2.75, 3.05) is 6.79 Å². The van der Waals surface area contributed by atoms with E-state index >= 15 is 0 Å². The molecule has 0 saturated heterocycles. The van der Waals surface area contributed by atoms with Crippen molar-refractivity contribution in [1.29, 1.82) is 0 Å². The molecule has 0 N–H and O–H groups in total. The lowest BCUT2D eigenvalue weighted by molar-refractivity contribution is 0.120.